The van der Waals surface area contributed by atoms with Crippen LogP contribution in [0.1, 0.15) is 5.76 Å². The van der Waals surface area contributed by atoms with E-state index in [1.54, 1.807) is 30.3 Å². The van der Waals surface area contributed by atoms with Crippen molar-refractivity contribution in [3.63, 3.8) is 0 Å². The van der Waals surface area contributed by atoms with Gasteiger partial charge in [-0.15, -0.1) is 0 Å². The molecule has 156 valence electrons. The topological polar surface area (TPSA) is 129 Å². The number of para-hydroxylation sites is 2. The van der Waals surface area contributed by atoms with Gasteiger partial charge >= 0.3 is 5.97 Å². The van der Waals surface area contributed by atoms with E-state index in [-0.39, 0.29) is 32.9 Å². The summed E-state index contributed by atoms with van der Waals surface area (Å²) in [5.74, 6) is -0.427. The highest BCUT2D eigenvalue weighted by atomic mass is 32.2. The van der Waals surface area contributed by atoms with Crippen molar-refractivity contribution in [3.8, 4) is 17.1 Å². The molecule has 0 saturated heterocycles. The van der Waals surface area contributed by atoms with E-state index in [4.69, 9.17) is 13.6 Å². The van der Waals surface area contributed by atoms with Gasteiger partial charge in [-0.25, -0.2) is 9.78 Å². The first kappa shape index (κ1) is 20.2. The summed E-state index contributed by atoms with van der Waals surface area (Å²) in [6.45, 7) is 0. The summed E-state index contributed by atoms with van der Waals surface area (Å²) >= 11 is 0.834. The van der Waals surface area contributed by atoms with Crippen molar-refractivity contribution >= 4 is 40.6 Å². The second kappa shape index (κ2) is 8.36. The number of carboxylic acids is 1. The van der Waals surface area contributed by atoms with Crippen molar-refractivity contribution < 1.29 is 28.4 Å². The zero-order chi connectivity index (χ0) is 22.0. The van der Waals surface area contributed by atoms with Crippen LogP contribution in [-0.4, -0.2) is 28.1 Å². The van der Waals surface area contributed by atoms with E-state index in [0.29, 0.717) is 16.8 Å². The number of hydrogen-bond acceptors (Lipinski definition) is 8. The van der Waals surface area contributed by atoms with E-state index in [1.165, 1.54) is 37.5 Å². The fourth-order valence-corrected chi connectivity index (χ4v) is 3.55. The molecular weight excluding hydrogens is 424 g/mol. The number of furan rings is 1. The fourth-order valence-electron chi connectivity index (χ4n) is 2.83. The lowest BCUT2D eigenvalue weighted by molar-refractivity contribution is -0.384. The van der Waals surface area contributed by atoms with Gasteiger partial charge in [0.2, 0.25) is 0 Å². The average molecular weight is 438 g/mol. The van der Waals surface area contributed by atoms with Crippen LogP contribution in [-0.2, 0) is 4.79 Å². The van der Waals surface area contributed by atoms with Crippen molar-refractivity contribution in [2.75, 3.05) is 7.11 Å². The van der Waals surface area contributed by atoms with Crippen molar-refractivity contribution in [1.82, 2.24) is 4.98 Å². The van der Waals surface area contributed by atoms with Crippen LogP contribution < -0.4 is 4.74 Å². The van der Waals surface area contributed by atoms with Crippen molar-refractivity contribution in [2.24, 2.45) is 0 Å². The second-order valence-corrected chi connectivity index (χ2v) is 7.20. The van der Waals surface area contributed by atoms with Gasteiger partial charge < -0.3 is 18.7 Å². The number of rotatable bonds is 7. The normalized spacial score (nSPS) is 11.6. The Labute approximate surface area is 179 Å². The number of carboxylic acid groups (broad SMARTS) is 1. The molecule has 2 aromatic heterocycles. The van der Waals surface area contributed by atoms with Gasteiger partial charge in [-0.05, 0) is 48.2 Å². The monoisotopic (exact) mass is 438 g/mol. The quantitative estimate of drug-likeness (QED) is 0.179. The van der Waals surface area contributed by atoms with Crippen LogP contribution in [0.3, 0.4) is 0 Å². The minimum absolute atomic E-state index is 0.0864. The number of benzene rings is 2. The first-order valence-corrected chi connectivity index (χ1v) is 9.67. The minimum Gasteiger partial charge on any atom is -0.497 e. The molecule has 0 unspecified atom stereocenters. The first-order chi connectivity index (χ1) is 14.9. The standard InChI is InChI=1S/C21H14N2O7S/c1-28-12-6-8-14(16(10-12)23(26)27)17-9-7-13(29-17)11-19(20(24)25)31-21-22-15-4-2-3-5-18(15)30-21/h2-11H,1H3,(H,24,25)/b19-11-. The molecule has 0 aliphatic carbocycles. The van der Waals surface area contributed by atoms with Gasteiger partial charge in [0.1, 0.15) is 27.7 Å². The maximum Gasteiger partial charge on any atom is 0.342 e. The summed E-state index contributed by atoms with van der Waals surface area (Å²) in [7, 11) is 1.41. The molecular formula is C21H14N2O7S. The summed E-state index contributed by atoms with van der Waals surface area (Å²) in [6.07, 6.45) is 1.31. The number of aromatic nitrogens is 1. The molecule has 0 radical (unpaired) electrons. The molecule has 9 nitrogen and oxygen atoms in total. The van der Waals surface area contributed by atoms with Gasteiger partial charge in [-0.2, -0.15) is 0 Å². The van der Waals surface area contributed by atoms with Gasteiger partial charge in [0.25, 0.3) is 10.9 Å². The predicted octanol–water partition coefficient (Wildman–Crippen LogP) is 5.22. The van der Waals surface area contributed by atoms with E-state index in [9.17, 15) is 20.0 Å². The Kier molecular flexibility index (Phi) is 5.46. The fraction of sp³-hybridized carbons (Fsp3) is 0.0476. The maximum absolute atomic E-state index is 11.7. The average Bonchev–Trinajstić information content (AvgIpc) is 3.39. The molecule has 4 aromatic rings. The van der Waals surface area contributed by atoms with Gasteiger partial charge in [0.15, 0.2) is 5.58 Å². The van der Waals surface area contributed by atoms with Crippen LogP contribution in [0.5, 0.6) is 5.75 Å². The second-order valence-electron chi connectivity index (χ2n) is 6.21. The lowest BCUT2D eigenvalue weighted by atomic mass is 10.1. The van der Waals surface area contributed by atoms with Gasteiger partial charge in [0.05, 0.1) is 23.7 Å². The molecule has 0 saturated carbocycles. The van der Waals surface area contributed by atoms with Crippen molar-refractivity contribution in [3.05, 3.63) is 75.4 Å². The minimum atomic E-state index is -1.19. The summed E-state index contributed by atoms with van der Waals surface area (Å²) < 4.78 is 16.2. The molecule has 10 heteroatoms. The Balaban J connectivity index is 1.65. The Hall–Kier alpha value is -4.05. The molecule has 0 atom stereocenters. The SMILES string of the molecule is COc1ccc(-c2ccc(/C=C(\Sc3nc4ccccc4o3)C(=O)O)o2)c([N+](=O)[O-])c1. The van der Waals surface area contributed by atoms with E-state index in [1.807, 2.05) is 0 Å². The lowest BCUT2D eigenvalue weighted by Crippen LogP contribution is -1.96. The first-order valence-electron chi connectivity index (χ1n) is 8.85. The molecule has 2 aromatic carbocycles. The van der Waals surface area contributed by atoms with E-state index < -0.39 is 10.9 Å². The highest BCUT2D eigenvalue weighted by Gasteiger charge is 2.20. The number of oxazole rings is 1. The molecule has 0 bridgehead atoms. The lowest BCUT2D eigenvalue weighted by Gasteiger charge is -2.03. The van der Waals surface area contributed by atoms with Crippen LogP contribution >= 0.6 is 11.8 Å². The summed E-state index contributed by atoms with van der Waals surface area (Å²) in [5.41, 5.74) is 1.21. The number of nitro groups is 1. The molecule has 0 fully saturated rings. The Bertz CT molecular complexity index is 1290. The highest BCUT2D eigenvalue weighted by Crippen LogP contribution is 2.36. The Morgan fingerprint density at radius 3 is 2.71 bits per heavy atom. The number of carbonyl (C=O) groups is 1. The highest BCUT2D eigenvalue weighted by molar-refractivity contribution is 8.03. The summed E-state index contributed by atoms with van der Waals surface area (Å²) in [4.78, 5) is 26.7. The number of aliphatic carboxylic acids is 1. The zero-order valence-electron chi connectivity index (χ0n) is 16.0. The number of nitro benzene ring substituents is 1. The molecule has 0 amide bonds. The number of ether oxygens (including phenoxy) is 1. The number of thioether (sulfide) groups is 1. The largest absolute Gasteiger partial charge is 0.497 e. The van der Waals surface area contributed by atoms with Crippen LogP contribution in [0.4, 0.5) is 5.69 Å². The molecule has 2 heterocycles. The summed E-state index contributed by atoms with van der Waals surface area (Å²) in [6, 6.07) is 14.5. The smallest absolute Gasteiger partial charge is 0.342 e. The van der Waals surface area contributed by atoms with Crippen LogP contribution in [0, 0.1) is 10.1 Å². The molecule has 31 heavy (non-hydrogen) atoms. The summed E-state index contributed by atoms with van der Waals surface area (Å²) in [5, 5.41) is 21.2. The molecule has 1 N–H and O–H groups in total. The van der Waals surface area contributed by atoms with E-state index in [0.717, 1.165) is 11.8 Å². The van der Waals surface area contributed by atoms with Crippen molar-refractivity contribution in [2.45, 2.75) is 5.22 Å². The maximum atomic E-state index is 11.7. The van der Waals surface area contributed by atoms with Gasteiger partial charge in [0, 0.05) is 6.08 Å². The third kappa shape index (κ3) is 4.28. The molecule has 4 rings (SSSR count). The number of nitrogens with zero attached hydrogens (tertiary/aromatic N) is 2. The number of fused-ring (bicyclic) bond motifs is 1. The van der Waals surface area contributed by atoms with Crippen LogP contribution in [0.15, 0.2) is 73.6 Å². The van der Waals surface area contributed by atoms with E-state index in [2.05, 4.69) is 4.98 Å². The van der Waals surface area contributed by atoms with Gasteiger partial charge in [-0.1, -0.05) is 12.1 Å². The number of hydrogen-bond donors (Lipinski definition) is 1. The third-order valence-electron chi connectivity index (χ3n) is 4.25. The van der Waals surface area contributed by atoms with E-state index >= 15 is 0 Å². The van der Waals surface area contributed by atoms with Crippen LogP contribution in [0.25, 0.3) is 28.5 Å². The Morgan fingerprint density at radius 1 is 1.19 bits per heavy atom. The van der Waals surface area contributed by atoms with Crippen molar-refractivity contribution in [1.29, 1.82) is 0 Å². The predicted molar refractivity (Wildman–Crippen MR) is 113 cm³/mol. The zero-order valence-corrected chi connectivity index (χ0v) is 16.8. The number of methoxy groups -OCH3 is 1. The third-order valence-corrected chi connectivity index (χ3v) is 5.11. The Morgan fingerprint density at radius 2 is 2.00 bits per heavy atom. The van der Waals surface area contributed by atoms with Gasteiger partial charge in [-0.3, -0.25) is 10.1 Å². The molecule has 0 spiro atoms. The molecule has 0 aliphatic heterocycles. The van der Waals surface area contributed by atoms with Crippen LogP contribution in [0.2, 0.25) is 0 Å². The molecule has 0 aliphatic rings.